The lowest BCUT2D eigenvalue weighted by Crippen LogP contribution is -2.24. The number of anilines is 2. The minimum absolute atomic E-state index is 0.0913. The number of hydrogen-bond donors (Lipinski definition) is 3. The Morgan fingerprint density at radius 2 is 2.21 bits per heavy atom. The molecule has 0 saturated heterocycles. The summed E-state index contributed by atoms with van der Waals surface area (Å²) in [5.74, 6) is -0.0913. The summed E-state index contributed by atoms with van der Waals surface area (Å²) in [6.45, 7) is 1.50. The topological polar surface area (TPSA) is 78.6 Å². The highest BCUT2D eigenvalue weighted by Crippen LogP contribution is 2.23. The first-order valence-electron chi connectivity index (χ1n) is 6.17. The fourth-order valence-electron chi connectivity index (χ4n) is 1.64. The van der Waals surface area contributed by atoms with Crippen LogP contribution in [0.2, 0.25) is 5.02 Å². The molecule has 1 aromatic rings. The molecule has 0 aromatic heterocycles. The smallest absolute Gasteiger partial charge is 0.224 e. The van der Waals surface area contributed by atoms with E-state index in [-0.39, 0.29) is 12.5 Å². The second-order valence-corrected chi connectivity index (χ2v) is 4.85. The van der Waals surface area contributed by atoms with Crippen molar-refractivity contribution in [3.63, 3.8) is 0 Å². The maximum Gasteiger partial charge on any atom is 0.224 e. The fraction of sp³-hybridized carbons (Fsp3) is 0.462. The summed E-state index contributed by atoms with van der Waals surface area (Å²) >= 11 is 5.84. The van der Waals surface area contributed by atoms with Crippen LogP contribution in [0.5, 0.6) is 0 Å². The molecule has 0 aliphatic carbocycles. The minimum Gasteiger partial charge on any atom is -0.397 e. The van der Waals surface area contributed by atoms with Crippen molar-refractivity contribution < 1.29 is 9.90 Å². The molecule has 1 rings (SSSR count). The Morgan fingerprint density at radius 1 is 1.47 bits per heavy atom. The number of hydrogen-bond acceptors (Lipinski definition) is 4. The molecule has 0 spiro atoms. The van der Waals surface area contributed by atoms with Crippen LogP contribution < -0.4 is 11.1 Å². The number of nitrogens with two attached hydrogens (primary N) is 1. The maximum absolute atomic E-state index is 11.7. The summed E-state index contributed by atoms with van der Waals surface area (Å²) in [4.78, 5) is 13.7. The number of amides is 1. The third-order valence-electron chi connectivity index (χ3n) is 2.71. The third-order valence-corrected chi connectivity index (χ3v) is 2.95. The standard InChI is InChI=1S/C13H20ClN3O2/c1-17(7-8-18)6-2-3-13(19)16-12-9-10(14)4-5-11(12)15/h4-5,9,18H,2-3,6-8,15H2,1H3,(H,16,19). The predicted molar refractivity (Wildman–Crippen MR) is 78.3 cm³/mol. The van der Waals surface area contributed by atoms with E-state index < -0.39 is 0 Å². The Balaban J connectivity index is 2.37. The molecule has 4 N–H and O–H groups in total. The average molecular weight is 286 g/mol. The van der Waals surface area contributed by atoms with E-state index in [1.807, 2.05) is 11.9 Å². The van der Waals surface area contributed by atoms with Crippen LogP contribution in [0.25, 0.3) is 0 Å². The van der Waals surface area contributed by atoms with Gasteiger partial charge in [-0.05, 0) is 38.2 Å². The van der Waals surface area contributed by atoms with Crippen LogP contribution >= 0.6 is 11.6 Å². The van der Waals surface area contributed by atoms with Gasteiger partial charge in [0, 0.05) is 18.0 Å². The van der Waals surface area contributed by atoms with Crippen LogP contribution in [0.3, 0.4) is 0 Å². The number of halogens is 1. The average Bonchev–Trinajstić information content (AvgIpc) is 2.34. The zero-order valence-corrected chi connectivity index (χ0v) is 11.8. The summed E-state index contributed by atoms with van der Waals surface area (Å²) in [6.07, 6.45) is 1.13. The van der Waals surface area contributed by atoms with Crippen LogP contribution in [-0.4, -0.2) is 42.7 Å². The number of carbonyl (C=O) groups excluding carboxylic acids is 1. The monoisotopic (exact) mass is 285 g/mol. The van der Waals surface area contributed by atoms with Gasteiger partial charge in [-0.25, -0.2) is 0 Å². The minimum atomic E-state index is -0.0913. The number of nitrogen functional groups attached to an aromatic ring is 1. The number of carbonyl (C=O) groups is 1. The number of aliphatic hydroxyl groups is 1. The van der Waals surface area contributed by atoms with Crippen molar-refractivity contribution in [3.05, 3.63) is 23.2 Å². The quantitative estimate of drug-likeness (QED) is 0.665. The number of likely N-dealkylation sites (N-methyl/N-ethyl adjacent to an activating group) is 1. The third kappa shape index (κ3) is 5.92. The van der Waals surface area contributed by atoms with E-state index >= 15 is 0 Å². The predicted octanol–water partition coefficient (Wildman–Crippen LogP) is 1.56. The van der Waals surface area contributed by atoms with Crippen molar-refractivity contribution in [2.24, 2.45) is 0 Å². The number of rotatable bonds is 7. The number of nitrogens with one attached hydrogen (secondary N) is 1. The second kappa shape index (κ2) is 7.99. The van der Waals surface area contributed by atoms with Crippen molar-refractivity contribution >= 4 is 28.9 Å². The highest BCUT2D eigenvalue weighted by molar-refractivity contribution is 6.31. The van der Waals surface area contributed by atoms with Gasteiger partial charge in [0.25, 0.3) is 0 Å². The molecule has 1 aromatic carbocycles. The molecule has 6 heteroatoms. The summed E-state index contributed by atoms with van der Waals surface area (Å²) in [5.41, 5.74) is 6.78. The molecule has 0 bridgehead atoms. The van der Waals surface area contributed by atoms with Gasteiger partial charge in [0.05, 0.1) is 18.0 Å². The Hall–Kier alpha value is -1.30. The molecular formula is C13H20ClN3O2. The molecule has 0 saturated carbocycles. The Labute approximate surface area is 118 Å². The summed E-state index contributed by atoms with van der Waals surface area (Å²) in [7, 11) is 1.91. The van der Waals surface area contributed by atoms with Crippen LogP contribution in [0.15, 0.2) is 18.2 Å². The molecule has 0 heterocycles. The van der Waals surface area contributed by atoms with Crippen molar-refractivity contribution in [2.45, 2.75) is 12.8 Å². The van der Waals surface area contributed by atoms with Gasteiger partial charge in [-0.1, -0.05) is 11.6 Å². The SMILES string of the molecule is CN(CCO)CCCC(=O)Nc1cc(Cl)ccc1N. The van der Waals surface area contributed by atoms with Crippen LogP contribution in [-0.2, 0) is 4.79 Å². The summed E-state index contributed by atoms with van der Waals surface area (Å²) < 4.78 is 0. The number of benzene rings is 1. The Bertz CT molecular complexity index is 426. The number of nitrogens with zero attached hydrogens (tertiary/aromatic N) is 1. The molecule has 0 unspecified atom stereocenters. The van der Waals surface area contributed by atoms with E-state index in [0.29, 0.717) is 29.4 Å². The van der Waals surface area contributed by atoms with E-state index in [4.69, 9.17) is 22.4 Å². The van der Waals surface area contributed by atoms with Gasteiger partial charge in [0.15, 0.2) is 0 Å². The second-order valence-electron chi connectivity index (χ2n) is 4.41. The molecule has 0 fully saturated rings. The van der Waals surface area contributed by atoms with Gasteiger partial charge in [0.2, 0.25) is 5.91 Å². The molecule has 0 aliphatic heterocycles. The van der Waals surface area contributed by atoms with Crippen LogP contribution in [0, 0.1) is 0 Å². The normalized spacial score (nSPS) is 10.7. The molecule has 1 amide bonds. The first-order chi connectivity index (χ1) is 9.02. The lowest BCUT2D eigenvalue weighted by atomic mass is 10.2. The van der Waals surface area contributed by atoms with E-state index in [9.17, 15) is 4.79 Å². The van der Waals surface area contributed by atoms with Crippen molar-refractivity contribution in [3.8, 4) is 0 Å². The molecular weight excluding hydrogens is 266 g/mol. The van der Waals surface area contributed by atoms with Crippen molar-refractivity contribution in [2.75, 3.05) is 37.8 Å². The number of aliphatic hydroxyl groups excluding tert-OH is 1. The Morgan fingerprint density at radius 3 is 2.89 bits per heavy atom. The summed E-state index contributed by atoms with van der Waals surface area (Å²) in [5, 5.41) is 12.0. The van der Waals surface area contributed by atoms with Crippen molar-refractivity contribution in [1.29, 1.82) is 0 Å². The van der Waals surface area contributed by atoms with Gasteiger partial charge in [-0.2, -0.15) is 0 Å². The maximum atomic E-state index is 11.7. The molecule has 0 atom stereocenters. The first-order valence-corrected chi connectivity index (χ1v) is 6.55. The first kappa shape index (κ1) is 15.8. The molecule has 0 aliphatic rings. The van der Waals surface area contributed by atoms with Gasteiger partial charge in [-0.3, -0.25) is 4.79 Å². The zero-order chi connectivity index (χ0) is 14.3. The van der Waals surface area contributed by atoms with Gasteiger partial charge in [0.1, 0.15) is 0 Å². The van der Waals surface area contributed by atoms with Crippen molar-refractivity contribution in [1.82, 2.24) is 4.90 Å². The highest BCUT2D eigenvalue weighted by atomic mass is 35.5. The highest BCUT2D eigenvalue weighted by Gasteiger charge is 2.06. The lowest BCUT2D eigenvalue weighted by molar-refractivity contribution is -0.116. The largest absolute Gasteiger partial charge is 0.397 e. The zero-order valence-electron chi connectivity index (χ0n) is 11.0. The molecule has 106 valence electrons. The van der Waals surface area contributed by atoms with Gasteiger partial charge >= 0.3 is 0 Å². The molecule has 5 nitrogen and oxygen atoms in total. The van der Waals surface area contributed by atoms with E-state index in [2.05, 4.69) is 5.32 Å². The van der Waals surface area contributed by atoms with Crippen LogP contribution in [0.4, 0.5) is 11.4 Å². The lowest BCUT2D eigenvalue weighted by Gasteiger charge is -2.14. The van der Waals surface area contributed by atoms with E-state index in [0.717, 1.165) is 13.0 Å². The van der Waals surface area contributed by atoms with E-state index in [1.54, 1.807) is 18.2 Å². The Kier molecular flexibility index (Phi) is 6.62. The van der Waals surface area contributed by atoms with E-state index in [1.165, 1.54) is 0 Å². The fourth-order valence-corrected chi connectivity index (χ4v) is 1.81. The van der Waals surface area contributed by atoms with Gasteiger partial charge in [-0.15, -0.1) is 0 Å². The van der Waals surface area contributed by atoms with Gasteiger partial charge < -0.3 is 21.1 Å². The molecule has 19 heavy (non-hydrogen) atoms. The molecule has 0 radical (unpaired) electrons. The summed E-state index contributed by atoms with van der Waals surface area (Å²) in [6, 6.07) is 4.97. The van der Waals surface area contributed by atoms with Crippen LogP contribution in [0.1, 0.15) is 12.8 Å².